The predicted molar refractivity (Wildman–Crippen MR) is 116 cm³/mol. The molecular weight excluding hydrogens is 422 g/mol. The number of nitrogens with one attached hydrogen (secondary N) is 1. The second kappa shape index (κ2) is 9.51. The van der Waals surface area contributed by atoms with Crippen molar-refractivity contribution in [3.05, 3.63) is 53.7 Å². The molecule has 0 saturated carbocycles. The summed E-state index contributed by atoms with van der Waals surface area (Å²) >= 11 is 5.84. The zero-order valence-corrected chi connectivity index (χ0v) is 17.6. The van der Waals surface area contributed by atoms with Gasteiger partial charge in [0.2, 0.25) is 5.91 Å². The first-order valence-corrected chi connectivity index (χ1v) is 10.5. The van der Waals surface area contributed by atoms with Crippen molar-refractivity contribution in [3.63, 3.8) is 0 Å². The van der Waals surface area contributed by atoms with E-state index in [9.17, 15) is 14.7 Å². The average Bonchev–Trinajstić information content (AvgIpc) is 3.15. The second-order valence-corrected chi connectivity index (χ2v) is 7.95. The maximum atomic E-state index is 13.1. The molecule has 2 amide bonds. The average molecular weight is 446 g/mol. The molecule has 2 atom stereocenters. The summed E-state index contributed by atoms with van der Waals surface area (Å²) in [4.78, 5) is 38.9. The van der Waals surface area contributed by atoms with Crippen molar-refractivity contribution in [1.29, 1.82) is 0 Å². The van der Waals surface area contributed by atoms with Crippen molar-refractivity contribution in [2.45, 2.75) is 18.6 Å². The molecule has 2 saturated heterocycles. The SMILES string of the molecule is O=C(Nc1ccc(Cl)cc1)ON1C[C@H](O)C[C@@H]1C(=O)N1CCN(c2ccccn2)CC1. The number of amides is 2. The van der Waals surface area contributed by atoms with Gasteiger partial charge in [0, 0.05) is 49.5 Å². The number of anilines is 2. The molecule has 2 aliphatic rings. The fourth-order valence-corrected chi connectivity index (χ4v) is 3.92. The molecule has 4 rings (SSSR count). The van der Waals surface area contributed by atoms with E-state index >= 15 is 0 Å². The summed E-state index contributed by atoms with van der Waals surface area (Å²) in [5, 5.41) is 14.5. The topological polar surface area (TPSA) is 98.2 Å². The largest absolute Gasteiger partial charge is 0.430 e. The number of piperazine rings is 1. The molecular formula is C21H24ClN5O4. The molecule has 0 radical (unpaired) electrons. The Morgan fingerprint density at radius 1 is 1.10 bits per heavy atom. The number of rotatable bonds is 4. The molecule has 1 aromatic carbocycles. The van der Waals surface area contributed by atoms with Gasteiger partial charge < -0.3 is 19.7 Å². The first-order valence-electron chi connectivity index (χ1n) is 10.1. The lowest BCUT2D eigenvalue weighted by Gasteiger charge is -2.37. The van der Waals surface area contributed by atoms with E-state index in [1.165, 1.54) is 5.06 Å². The van der Waals surface area contributed by atoms with E-state index < -0.39 is 18.2 Å². The third-order valence-electron chi connectivity index (χ3n) is 5.37. The predicted octanol–water partition coefficient (Wildman–Crippen LogP) is 1.98. The summed E-state index contributed by atoms with van der Waals surface area (Å²) in [5.74, 6) is 0.728. The van der Waals surface area contributed by atoms with Gasteiger partial charge in [-0.25, -0.2) is 9.78 Å². The van der Waals surface area contributed by atoms with Crippen LogP contribution < -0.4 is 10.2 Å². The standard InChI is InChI=1S/C21H24ClN5O4/c22-15-4-6-16(7-5-15)24-21(30)31-27-14-17(28)13-18(27)20(29)26-11-9-25(10-12-26)19-3-1-2-8-23-19/h1-8,17-18,28H,9-14H2,(H,24,30)/t17-,18-/m1/s1. The maximum Gasteiger partial charge on any atom is 0.430 e. The number of hydroxylamine groups is 2. The fourth-order valence-electron chi connectivity index (χ4n) is 3.80. The Morgan fingerprint density at radius 3 is 2.52 bits per heavy atom. The number of benzene rings is 1. The van der Waals surface area contributed by atoms with E-state index in [2.05, 4.69) is 15.2 Å². The Labute approximate surface area is 185 Å². The number of aliphatic hydroxyl groups is 1. The zero-order valence-electron chi connectivity index (χ0n) is 16.9. The van der Waals surface area contributed by atoms with Crippen LogP contribution >= 0.6 is 11.6 Å². The molecule has 3 heterocycles. The van der Waals surface area contributed by atoms with Crippen LogP contribution in [0.25, 0.3) is 0 Å². The molecule has 9 nitrogen and oxygen atoms in total. The summed E-state index contributed by atoms with van der Waals surface area (Å²) < 4.78 is 0. The van der Waals surface area contributed by atoms with Gasteiger partial charge in [0.05, 0.1) is 12.6 Å². The normalized spacial score (nSPS) is 21.7. The van der Waals surface area contributed by atoms with Crippen LogP contribution in [-0.2, 0) is 9.63 Å². The Kier molecular flexibility index (Phi) is 6.55. The first kappa shape index (κ1) is 21.4. The maximum absolute atomic E-state index is 13.1. The molecule has 2 N–H and O–H groups in total. The Hall–Kier alpha value is -2.88. The number of hydrogen-bond acceptors (Lipinski definition) is 7. The third-order valence-corrected chi connectivity index (χ3v) is 5.63. The molecule has 0 bridgehead atoms. The highest BCUT2D eigenvalue weighted by Crippen LogP contribution is 2.23. The van der Waals surface area contributed by atoms with Gasteiger partial charge in [-0.3, -0.25) is 10.1 Å². The number of carbonyl (C=O) groups excluding carboxylic acids is 2. The number of β-amino-alcohol motifs (C(OH)–C–C–N with tert-alkyl or cyclic N) is 1. The number of halogens is 1. The van der Waals surface area contributed by atoms with E-state index in [-0.39, 0.29) is 18.9 Å². The highest BCUT2D eigenvalue weighted by Gasteiger charge is 2.41. The monoisotopic (exact) mass is 445 g/mol. The smallest absolute Gasteiger partial charge is 0.392 e. The summed E-state index contributed by atoms with van der Waals surface area (Å²) in [6.07, 6.45) is 0.492. The van der Waals surface area contributed by atoms with E-state index in [1.807, 2.05) is 18.2 Å². The minimum atomic E-state index is -0.743. The fraction of sp³-hybridized carbons (Fsp3) is 0.381. The number of pyridine rings is 1. The number of nitrogens with zero attached hydrogens (tertiary/aromatic N) is 4. The van der Waals surface area contributed by atoms with E-state index in [1.54, 1.807) is 35.4 Å². The number of aromatic nitrogens is 1. The Morgan fingerprint density at radius 2 is 1.84 bits per heavy atom. The lowest BCUT2D eigenvalue weighted by molar-refractivity contribution is -0.155. The van der Waals surface area contributed by atoms with Crippen LogP contribution in [0.1, 0.15) is 6.42 Å². The van der Waals surface area contributed by atoms with Gasteiger partial charge in [-0.1, -0.05) is 17.7 Å². The zero-order chi connectivity index (χ0) is 21.8. The number of hydrogen-bond donors (Lipinski definition) is 2. The van der Waals surface area contributed by atoms with Gasteiger partial charge in [-0.2, -0.15) is 0 Å². The van der Waals surface area contributed by atoms with Gasteiger partial charge in [0.1, 0.15) is 11.9 Å². The van der Waals surface area contributed by atoms with E-state index in [0.29, 0.717) is 36.9 Å². The highest BCUT2D eigenvalue weighted by atomic mass is 35.5. The quantitative estimate of drug-likeness (QED) is 0.742. The minimum absolute atomic E-state index is 0.0817. The van der Waals surface area contributed by atoms with Gasteiger partial charge >= 0.3 is 6.09 Å². The van der Waals surface area contributed by atoms with Crippen LogP contribution in [0.15, 0.2) is 48.7 Å². The molecule has 0 unspecified atom stereocenters. The van der Waals surface area contributed by atoms with Crippen molar-refractivity contribution in [2.24, 2.45) is 0 Å². The minimum Gasteiger partial charge on any atom is -0.392 e. The molecule has 2 fully saturated rings. The molecule has 2 aromatic rings. The summed E-state index contributed by atoms with van der Waals surface area (Å²) in [6.45, 7) is 2.48. The summed E-state index contributed by atoms with van der Waals surface area (Å²) in [7, 11) is 0. The summed E-state index contributed by atoms with van der Waals surface area (Å²) in [6, 6.07) is 11.6. The van der Waals surface area contributed by atoms with Crippen LogP contribution in [0, 0.1) is 0 Å². The van der Waals surface area contributed by atoms with Crippen LogP contribution in [0.5, 0.6) is 0 Å². The Bertz CT molecular complexity index is 906. The molecule has 2 aliphatic heterocycles. The molecule has 0 aliphatic carbocycles. The van der Waals surface area contributed by atoms with E-state index in [0.717, 1.165) is 5.82 Å². The molecule has 31 heavy (non-hydrogen) atoms. The van der Waals surface area contributed by atoms with Gasteiger partial charge in [-0.15, -0.1) is 5.06 Å². The van der Waals surface area contributed by atoms with Crippen molar-refractivity contribution < 1.29 is 19.5 Å². The van der Waals surface area contributed by atoms with E-state index in [4.69, 9.17) is 16.4 Å². The highest BCUT2D eigenvalue weighted by molar-refractivity contribution is 6.30. The Balaban J connectivity index is 1.33. The number of aliphatic hydroxyl groups excluding tert-OH is 1. The second-order valence-electron chi connectivity index (χ2n) is 7.52. The van der Waals surface area contributed by atoms with Crippen molar-refractivity contribution in [2.75, 3.05) is 42.9 Å². The molecule has 10 heteroatoms. The summed E-state index contributed by atoms with van der Waals surface area (Å²) in [5.41, 5.74) is 0.516. The number of carbonyl (C=O) groups is 2. The van der Waals surface area contributed by atoms with Crippen LogP contribution in [-0.4, -0.2) is 76.9 Å². The lowest BCUT2D eigenvalue weighted by Crippen LogP contribution is -2.54. The third kappa shape index (κ3) is 5.25. The van der Waals surface area contributed by atoms with Crippen molar-refractivity contribution in [3.8, 4) is 0 Å². The molecule has 1 aromatic heterocycles. The lowest BCUT2D eigenvalue weighted by atomic mass is 10.1. The van der Waals surface area contributed by atoms with Crippen LogP contribution in [0.2, 0.25) is 5.02 Å². The molecule has 0 spiro atoms. The van der Waals surface area contributed by atoms with Crippen LogP contribution in [0.3, 0.4) is 0 Å². The van der Waals surface area contributed by atoms with Gasteiger partial charge in [0.25, 0.3) is 0 Å². The molecule has 164 valence electrons. The van der Waals surface area contributed by atoms with Gasteiger partial charge in [0.15, 0.2) is 0 Å². The first-order chi connectivity index (χ1) is 15.0. The van der Waals surface area contributed by atoms with Gasteiger partial charge in [-0.05, 0) is 36.4 Å². The van der Waals surface area contributed by atoms with Crippen LogP contribution in [0.4, 0.5) is 16.3 Å². The van der Waals surface area contributed by atoms with Crippen molar-refractivity contribution >= 4 is 35.1 Å². The van der Waals surface area contributed by atoms with Crippen molar-refractivity contribution in [1.82, 2.24) is 14.9 Å².